The summed E-state index contributed by atoms with van der Waals surface area (Å²) in [5.74, 6) is 0.694. The zero-order valence-corrected chi connectivity index (χ0v) is 12.8. The first-order valence-electron chi connectivity index (χ1n) is 7.84. The van der Waals surface area contributed by atoms with Crippen molar-refractivity contribution < 1.29 is 14.1 Å². The van der Waals surface area contributed by atoms with Crippen molar-refractivity contribution in [3.05, 3.63) is 17.5 Å². The molecule has 0 bridgehead atoms. The molecule has 120 valence electrons. The molecular formula is C15H22N4O3. The standard InChI is InChI=1S/C15H22N4O3/c1-10-8-13(22-17-10)12-5-3-7-19(12)14(20)11-4-2-6-18(9-11)15(16)21/h8,11-12H,2-7,9H2,1H3,(H2,16,21)/t11-,12+/m0/s1. The fraction of sp³-hybridized carbons (Fsp3) is 0.667. The van der Waals surface area contributed by atoms with Crippen molar-refractivity contribution in [2.45, 2.75) is 38.6 Å². The van der Waals surface area contributed by atoms with Gasteiger partial charge in [-0.3, -0.25) is 4.79 Å². The van der Waals surface area contributed by atoms with Gasteiger partial charge in [-0.1, -0.05) is 5.16 Å². The maximum absolute atomic E-state index is 12.8. The highest BCUT2D eigenvalue weighted by Crippen LogP contribution is 2.34. The van der Waals surface area contributed by atoms with E-state index < -0.39 is 6.03 Å². The molecule has 3 heterocycles. The van der Waals surface area contributed by atoms with Crippen LogP contribution < -0.4 is 5.73 Å². The third-order valence-electron chi connectivity index (χ3n) is 4.59. The maximum Gasteiger partial charge on any atom is 0.314 e. The highest BCUT2D eigenvalue weighted by atomic mass is 16.5. The lowest BCUT2D eigenvalue weighted by molar-refractivity contribution is -0.138. The molecule has 3 amide bonds. The van der Waals surface area contributed by atoms with Crippen LogP contribution in [0.1, 0.15) is 43.2 Å². The molecule has 0 aromatic carbocycles. The van der Waals surface area contributed by atoms with Crippen molar-refractivity contribution >= 4 is 11.9 Å². The average Bonchev–Trinajstić information content (AvgIpc) is 3.15. The molecule has 2 atom stereocenters. The lowest BCUT2D eigenvalue weighted by Crippen LogP contribution is -2.48. The Kier molecular flexibility index (Phi) is 4.04. The predicted molar refractivity (Wildman–Crippen MR) is 78.8 cm³/mol. The van der Waals surface area contributed by atoms with Gasteiger partial charge >= 0.3 is 6.03 Å². The van der Waals surface area contributed by atoms with Crippen molar-refractivity contribution in [2.75, 3.05) is 19.6 Å². The Morgan fingerprint density at radius 2 is 2.09 bits per heavy atom. The van der Waals surface area contributed by atoms with Crippen LogP contribution in [0, 0.1) is 12.8 Å². The quantitative estimate of drug-likeness (QED) is 0.894. The number of hydrogen-bond acceptors (Lipinski definition) is 4. The van der Waals surface area contributed by atoms with Gasteiger partial charge < -0.3 is 20.1 Å². The number of aromatic nitrogens is 1. The minimum atomic E-state index is -0.443. The molecule has 2 saturated heterocycles. The minimum absolute atomic E-state index is 0.0299. The number of carbonyl (C=O) groups is 2. The number of piperidine rings is 1. The Morgan fingerprint density at radius 3 is 2.77 bits per heavy atom. The summed E-state index contributed by atoms with van der Waals surface area (Å²) in [5.41, 5.74) is 6.17. The summed E-state index contributed by atoms with van der Waals surface area (Å²) in [6, 6.07) is 1.42. The van der Waals surface area contributed by atoms with E-state index in [1.165, 1.54) is 0 Å². The van der Waals surface area contributed by atoms with E-state index in [2.05, 4.69) is 5.16 Å². The molecular weight excluding hydrogens is 284 g/mol. The van der Waals surface area contributed by atoms with E-state index in [1.54, 1.807) is 4.90 Å². The Morgan fingerprint density at radius 1 is 1.32 bits per heavy atom. The number of rotatable bonds is 2. The Labute approximate surface area is 129 Å². The molecule has 0 unspecified atom stereocenters. The minimum Gasteiger partial charge on any atom is -0.359 e. The van der Waals surface area contributed by atoms with Crippen LogP contribution in [0.3, 0.4) is 0 Å². The highest BCUT2D eigenvalue weighted by Gasteiger charge is 2.37. The van der Waals surface area contributed by atoms with Gasteiger partial charge in [0.15, 0.2) is 5.76 Å². The molecule has 22 heavy (non-hydrogen) atoms. The average molecular weight is 306 g/mol. The number of likely N-dealkylation sites (tertiary alicyclic amines) is 2. The number of urea groups is 1. The number of carbonyl (C=O) groups excluding carboxylic acids is 2. The van der Waals surface area contributed by atoms with Crippen molar-refractivity contribution in [1.82, 2.24) is 15.0 Å². The second-order valence-electron chi connectivity index (χ2n) is 6.18. The molecule has 0 radical (unpaired) electrons. The first kappa shape index (κ1) is 14.9. The van der Waals surface area contributed by atoms with E-state index in [1.807, 2.05) is 17.9 Å². The van der Waals surface area contributed by atoms with Crippen LogP contribution in [-0.2, 0) is 4.79 Å². The molecule has 7 nitrogen and oxygen atoms in total. The highest BCUT2D eigenvalue weighted by molar-refractivity contribution is 5.81. The van der Waals surface area contributed by atoms with E-state index in [4.69, 9.17) is 10.3 Å². The van der Waals surface area contributed by atoms with Crippen LogP contribution >= 0.6 is 0 Å². The Bertz CT molecular complexity index is 571. The van der Waals surface area contributed by atoms with Crippen LogP contribution in [0.2, 0.25) is 0 Å². The van der Waals surface area contributed by atoms with E-state index in [0.717, 1.165) is 43.7 Å². The van der Waals surface area contributed by atoms with Gasteiger partial charge in [0.05, 0.1) is 17.7 Å². The van der Waals surface area contributed by atoms with E-state index >= 15 is 0 Å². The Hall–Kier alpha value is -2.05. The maximum atomic E-state index is 12.8. The molecule has 0 aliphatic carbocycles. The molecule has 0 spiro atoms. The summed E-state index contributed by atoms with van der Waals surface area (Å²) >= 11 is 0. The lowest BCUT2D eigenvalue weighted by atomic mass is 9.96. The molecule has 2 N–H and O–H groups in total. The van der Waals surface area contributed by atoms with E-state index in [-0.39, 0.29) is 17.9 Å². The van der Waals surface area contributed by atoms with Gasteiger partial charge in [-0.05, 0) is 32.6 Å². The number of primary amides is 1. The third-order valence-corrected chi connectivity index (χ3v) is 4.59. The van der Waals surface area contributed by atoms with Crippen LogP contribution in [0.25, 0.3) is 0 Å². The molecule has 2 aliphatic heterocycles. The number of nitrogens with two attached hydrogens (primary N) is 1. The van der Waals surface area contributed by atoms with Crippen molar-refractivity contribution in [1.29, 1.82) is 0 Å². The smallest absolute Gasteiger partial charge is 0.314 e. The zero-order chi connectivity index (χ0) is 15.7. The third kappa shape index (κ3) is 2.80. The summed E-state index contributed by atoms with van der Waals surface area (Å²) in [6.07, 6.45) is 3.48. The van der Waals surface area contributed by atoms with Crippen molar-refractivity contribution in [3.63, 3.8) is 0 Å². The molecule has 2 fully saturated rings. The van der Waals surface area contributed by atoms with Gasteiger partial charge in [-0.2, -0.15) is 0 Å². The predicted octanol–water partition coefficient (Wildman–Crippen LogP) is 1.44. The molecule has 1 aromatic heterocycles. The summed E-state index contributed by atoms with van der Waals surface area (Å²) in [6.45, 7) is 3.67. The fourth-order valence-electron chi connectivity index (χ4n) is 3.48. The van der Waals surface area contributed by atoms with Gasteiger partial charge in [-0.25, -0.2) is 4.79 Å². The monoisotopic (exact) mass is 306 g/mol. The molecule has 3 rings (SSSR count). The van der Waals surface area contributed by atoms with E-state index in [0.29, 0.717) is 13.1 Å². The summed E-state index contributed by atoms with van der Waals surface area (Å²) in [4.78, 5) is 27.6. The van der Waals surface area contributed by atoms with Gasteiger partial charge in [0.1, 0.15) is 0 Å². The van der Waals surface area contributed by atoms with Crippen LogP contribution in [0.5, 0.6) is 0 Å². The first-order valence-corrected chi connectivity index (χ1v) is 7.84. The van der Waals surface area contributed by atoms with Gasteiger partial charge in [0.25, 0.3) is 0 Å². The number of amides is 3. The SMILES string of the molecule is Cc1cc([C@H]2CCCN2C(=O)[C@H]2CCCN(C(N)=O)C2)on1. The fourth-order valence-corrected chi connectivity index (χ4v) is 3.48. The van der Waals surface area contributed by atoms with Crippen molar-refractivity contribution in [2.24, 2.45) is 11.7 Å². The summed E-state index contributed by atoms with van der Waals surface area (Å²) in [7, 11) is 0. The molecule has 7 heteroatoms. The molecule has 0 saturated carbocycles. The summed E-state index contributed by atoms with van der Waals surface area (Å²) < 4.78 is 5.35. The van der Waals surface area contributed by atoms with Gasteiger partial charge in [0, 0.05) is 25.7 Å². The summed E-state index contributed by atoms with van der Waals surface area (Å²) in [5, 5.41) is 3.92. The van der Waals surface area contributed by atoms with Crippen LogP contribution in [-0.4, -0.2) is 46.5 Å². The normalized spacial score (nSPS) is 25.5. The van der Waals surface area contributed by atoms with Gasteiger partial charge in [-0.15, -0.1) is 0 Å². The second kappa shape index (κ2) is 5.98. The number of nitrogens with zero attached hydrogens (tertiary/aromatic N) is 3. The number of hydrogen-bond donors (Lipinski definition) is 1. The number of aryl methyl sites for hydroxylation is 1. The van der Waals surface area contributed by atoms with Crippen molar-refractivity contribution in [3.8, 4) is 0 Å². The largest absolute Gasteiger partial charge is 0.359 e. The van der Waals surface area contributed by atoms with Crippen LogP contribution in [0.4, 0.5) is 4.79 Å². The van der Waals surface area contributed by atoms with E-state index in [9.17, 15) is 9.59 Å². The van der Waals surface area contributed by atoms with Gasteiger partial charge in [0.2, 0.25) is 5.91 Å². The molecule has 1 aromatic rings. The zero-order valence-electron chi connectivity index (χ0n) is 12.8. The topological polar surface area (TPSA) is 92.7 Å². The second-order valence-corrected chi connectivity index (χ2v) is 6.18. The first-order chi connectivity index (χ1) is 10.6. The lowest BCUT2D eigenvalue weighted by Gasteiger charge is -2.34. The van der Waals surface area contributed by atoms with Crippen LogP contribution in [0.15, 0.2) is 10.6 Å². The Balaban J connectivity index is 1.72. The molecule has 2 aliphatic rings.